The van der Waals surface area contributed by atoms with E-state index in [2.05, 4.69) is 6.58 Å². The van der Waals surface area contributed by atoms with Crippen molar-refractivity contribution in [2.45, 2.75) is 13.8 Å². The van der Waals surface area contributed by atoms with Crippen molar-refractivity contribution in [3.8, 4) is 0 Å². The van der Waals surface area contributed by atoms with Crippen LogP contribution in [0.5, 0.6) is 0 Å². The molecule has 0 spiro atoms. The minimum Gasteiger partial charge on any atom is -0.391 e. The van der Waals surface area contributed by atoms with E-state index >= 15 is 0 Å². The molecule has 1 radical (unpaired) electrons. The maximum absolute atomic E-state index is 10.7. The van der Waals surface area contributed by atoms with Crippen LogP contribution < -0.4 is 0 Å². The smallest absolute Gasteiger partial charge is 0.391 e. The van der Waals surface area contributed by atoms with Crippen molar-refractivity contribution >= 4 is 14.6 Å². The van der Waals surface area contributed by atoms with Crippen LogP contribution in [0.2, 0.25) is 0 Å². The SMILES string of the molecule is C=CC(=O)OP(OCC)OCC.[Cu]. The Morgan fingerprint density at radius 3 is 2.15 bits per heavy atom. The Labute approximate surface area is 90.1 Å². The minimum absolute atomic E-state index is 0. The van der Waals surface area contributed by atoms with Crippen LogP contribution in [-0.2, 0) is 35.4 Å². The largest absolute Gasteiger partial charge is 0.399 e. The van der Waals surface area contributed by atoms with E-state index in [-0.39, 0.29) is 17.1 Å². The summed E-state index contributed by atoms with van der Waals surface area (Å²) in [6.45, 7) is 7.77. The van der Waals surface area contributed by atoms with Gasteiger partial charge in [-0.2, -0.15) is 0 Å². The van der Waals surface area contributed by atoms with Crippen LogP contribution in [0.25, 0.3) is 0 Å². The first-order valence-electron chi connectivity index (χ1n) is 3.64. The van der Waals surface area contributed by atoms with Gasteiger partial charge in [0.1, 0.15) is 0 Å². The minimum atomic E-state index is -1.53. The summed E-state index contributed by atoms with van der Waals surface area (Å²) in [6, 6.07) is 0. The van der Waals surface area contributed by atoms with Gasteiger partial charge in [-0.25, -0.2) is 4.79 Å². The van der Waals surface area contributed by atoms with E-state index < -0.39 is 14.6 Å². The number of carbonyl (C=O) groups is 1. The second kappa shape index (κ2) is 10.2. The van der Waals surface area contributed by atoms with Gasteiger partial charge in [-0.05, 0) is 13.8 Å². The first-order valence-corrected chi connectivity index (χ1v) is 4.74. The van der Waals surface area contributed by atoms with E-state index in [1.165, 1.54) is 0 Å². The molecule has 0 unspecified atom stereocenters. The third-order valence-electron chi connectivity index (χ3n) is 0.800. The van der Waals surface area contributed by atoms with Gasteiger partial charge >= 0.3 is 14.6 Å². The fourth-order valence-electron chi connectivity index (χ4n) is 0.412. The predicted octanol–water partition coefficient (Wildman–Crippen LogP) is 2.01. The molecule has 4 nitrogen and oxygen atoms in total. The molecule has 0 aromatic rings. The van der Waals surface area contributed by atoms with Crippen molar-refractivity contribution in [3.63, 3.8) is 0 Å². The van der Waals surface area contributed by atoms with Gasteiger partial charge < -0.3 is 13.6 Å². The summed E-state index contributed by atoms with van der Waals surface area (Å²) in [5.74, 6) is -0.525. The molecule has 0 atom stereocenters. The van der Waals surface area contributed by atoms with Gasteiger partial charge in [0.15, 0.2) is 0 Å². The van der Waals surface area contributed by atoms with Crippen LogP contribution in [0.3, 0.4) is 0 Å². The fraction of sp³-hybridized carbons (Fsp3) is 0.571. The molecule has 0 aliphatic carbocycles. The van der Waals surface area contributed by atoms with Crippen LogP contribution in [0.15, 0.2) is 12.7 Å². The molecule has 0 aromatic carbocycles. The molecule has 0 saturated heterocycles. The Kier molecular flexibility index (Phi) is 12.2. The van der Waals surface area contributed by atoms with Gasteiger partial charge in [-0.1, -0.05) is 6.58 Å². The fourth-order valence-corrected chi connectivity index (χ4v) is 1.23. The summed E-state index contributed by atoms with van der Waals surface area (Å²) in [4.78, 5) is 10.7. The molecule has 0 rings (SSSR count). The maximum atomic E-state index is 10.7. The van der Waals surface area contributed by atoms with Crippen LogP contribution in [0.4, 0.5) is 0 Å². The van der Waals surface area contributed by atoms with Gasteiger partial charge in [0.05, 0.1) is 13.2 Å². The van der Waals surface area contributed by atoms with Crippen molar-refractivity contribution in [2.24, 2.45) is 0 Å². The van der Waals surface area contributed by atoms with Crippen LogP contribution in [-0.4, -0.2) is 19.2 Å². The van der Waals surface area contributed by atoms with Gasteiger partial charge in [0.25, 0.3) is 0 Å². The molecule has 0 amide bonds. The van der Waals surface area contributed by atoms with Gasteiger partial charge in [-0.3, -0.25) is 0 Å². The Balaban J connectivity index is 0. The van der Waals surface area contributed by atoms with Crippen molar-refractivity contribution < 1.29 is 35.4 Å². The van der Waals surface area contributed by atoms with Crippen LogP contribution in [0.1, 0.15) is 13.8 Å². The van der Waals surface area contributed by atoms with Crippen molar-refractivity contribution in [2.75, 3.05) is 13.2 Å². The summed E-state index contributed by atoms with van der Waals surface area (Å²) < 4.78 is 14.8. The van der Waals surface area contributed by atoms with Gasteiger partial charge in [0.2, 0.25) is 0 Å². The Bertz CT molecular complexity index is 147. The third-order valence-corrected chi connectivity index (χ3v) is 2.07. The second-order valence-corrected chi connectivity index (χ2v) is 2.82. The summed E-state index contributed by atoms with van der Waals surface area (Å²) in [6.07, 6.45) is 1.08. The number of hydrogen-bond donors (Lipinski definition) is 0. The van der Waals surface area contributed by atoms with Crippen molar-refractivity contribution in [3.05, 3.63) is 12.7 Å². The van der Waals surface area contributed by atoms with E-state index in [1.54, 1.807) is 13.8 Å². The Morgan fingerprint density at radius 1 is 1.38 bits per heavy atom. The molecular weight excluding hydrogens is 243 g/mol. The van der Waals surface area contributed by atoms with E-state index in [1.807, 2.05) is 0 Å². The number of hydrogen-bond acceptors (Lipinski definition) is 4. The van der Waals surface area contributed by atoms with E-state index in [0.29, 0.717) is 13.2 Å². The summed E-state index contributed by atoms with van der Waals surface area (Å²) in [5.41, 5.74) is 0. The van der Waals surface area contributed by atoms with Crippen LogP contribution >= 0.6 is 8.60 Å². The summed E-state index contributed by atoms with van der Waals surface area (Å²) in [5, 5.41) is 0. The van der Waals surface area contributed by atoms with Crippen LogP contribution in [0, 0.1) is 0 Å². The molecule has 0 aliphatic heterocycles. The van der Waals surface area contributed by atoms with Crippen molar-refractivity contribution in [1.82, 2.24) is 0 Å². The summed E-state index contributed by atoms with van der Waals surface area (Å²) >= 11 is 0. The normalized spacial score (nSPS) is 9.15. The average molecular weight is 256 g/mol. The third kappa shape index (κ3) is 8.41. The molecule has 81 valence electrons. The molecule has 6 heteroatoms. The monoisotopic (exact) mass is 255 g/mol. The zero-order valence-electron chi connectivity index (χ0n) is 7.58. The zero-order valence-corrected chi connectivity index (χ0v) is 9.42. The standard InChI is InChI=1S/C7H13O4P.Cu/c1-4-7(8)11-12(9-5-2)10-6-3;/h4H,1,5-6H2,2-3H3;. The topological polar surface area (TPSA) is 44.8 Å². The van der Waals surface area contributed by atoms with E-state index in [4.69, 9.17) is 13.6 Å². The first kappa shape index (κ1) is 15.5. The molecular formula is C7H13CuO4P. The Morgan fingerprint density at radius 2 is 1.85 bits per heavy atom. The van der Waals surface area contributed by atoms with Gasteiger partial charge in [0, 0.05) is 23.1 Å². The molecule has 0 aromatic heterocycles. The van der Waals surface area contributed by atoms with Crippen molar-refractivity contribution in [1.29, 1.82) is 0 Å². The van der Waals surface area contributed by atoms with E-state index in [0.717, 1.165) is 6.08 Å². The Hall–Kier alpha value is 0.0795. The quantitative estimate of drug-likeness (QED) is 0.414. The number of carbonyl (C=O) groups excluding carboxylic acids is 1. The maximum Gasteiger partial charge on any atom is 0.399 e. The molecule has 0 heterocycles. The molecule has 13 heavy (non-hydrogen) atoms. The predicted molar refractivity (Wildman–Crippen MR) is 46.5 cm³/mol. The molecule has 0 saturated carbocycles. The van der Waals surface area contributed by atoms with Gasteiger partial charge in [-0.15, -0.1) is 0 Å². The zero-order chi connectivity index (χ0) is 9.40. The molecule has 0 bridgehead atoms. The first-order chi connectivity index (χ1) is 5.74. The second-order valence-electron chi connectivity index (χ2n) is 1.67. The number of rotatable bonds is 6. The molecule has 0 fully saturated rings. The van der Waals surface area contributed by atoms with E-state index in [9.17, 15) is 4.79 Å². The summed E-state index contributed by atoms with van der Waals surface area (Å²) in [7, 11) is -1.53. The average Bonchev–Trinajstić information content (AvgIpc) is 2.05. The molecule has 0 aliphatic rings. The molecule has 0 N–H and O–H groups in total.